The Hall–Kier alpha value is -2.55. The summed E-state index contributed by atoms with van der Waals surface area (Å²) in [5.74, 6) is -0.234. The van der Waals surface area contributed by atoms with Crippen LogP contribution in [0.2, 0.25) is 0 Å². The van der Waals surface area contributed by atoms with Crippen molar-refractivity contribution in [1.29, 1.82) is 0 Å². The van der Waals surface area contributed by atoms with E-state index in [0.29, 0.717) is 5.69 Å². The molecule has 144 valence electrons. The molecule has 0 bridgehead atoms. The van der Waals surface area contributed by atoms with E-state index in [2.05, 4.69) is 15.3 Å². The molecular weight excluding hydrogens is 373 g/mol. The van der Waals surface area contributed by atoms with E-state index in [1.54, 1.807) is 6.07 Å². The molecule has 1 aromatic carbocycles. The van der Waals surface area contributed by atoms with Crippen LogP contribution in [0.3, 0.4) is 0 Å². The molecule has 3 rings (SSSR count). The van der Waals surface area contributed by atoms with Gasteiger partial charge in [0.25, 0.3) is 0 Å². The Kier molecular flexibility index (Phi) is 4.46. The summed E-state index contributed by atoms with van der Waals surface area (Å²) in [7, 11) is -3.90. The molecule has 0 amide bonds. The molecule has 0 N–H and O–H groups in total. The van der Waals surface area contributed by atoms with Crippen molar-refractivity contribution in [2.24, 2.45) is 0 Å². The highest BCUT2D eigenvalue weighted by Gasteiger charge is 2.43. The molecule has 0 aliphatic rings. The molecule has 0 unspecified atom stereocenters. The van der Waals surface area contributed by atoms with E-state index in [-0.39, 0.29) is 27.8 Å². The maximum Gasteiger partial charge on any atom is 0.248 e. The number of hydrogen-bond acceptors (Lipinski definition) is 7. The zero-order valence-electron chi connectivity index (χ0n) is 15.6. The van der Waals surface area contributed by atoms with Gasteiger partial charge in [-0.1, -0.05) is 31.1 Å². The largest absolute Gasteiger partial charge is 0.352 e. The normalized spacial score (nSPS) is 13.1. The third-order valence-electron chi connectivity index (χ3n) is 4.24. The van der Waals surface area contributed by atoms with E-state index in [4.69, 9.17) is 9.05 Å². The first kappa shape index (κ1) is 19.2. The van der Waals surface area contributed by atoms with Crippen LogP contribution in [0.25, 0.3) is 11.6 Å². The van der Waals surface area contributed by atoms with Gasteiger partial charge in [0.1, 0.15) is 10.6 Å². The fraction of sp³-hybridized carbons (Fsp3) is 0.389. The van der Waals surface area contributed by atoms with Gasteiger partial charge in [-0.3, -0.25) is 0 Å². The lowest BCUT2D eigenvalue weighted by atomic mass is 9.92. The van der Waals surface area contributed by atoms with Crippen LogP contribution in [0.15, 0.2) is 44.3 Å². The lowest BCUT2D eigenvalue weighted by Crippen LogP contribution is -2.29. The second-order valence-corrected chi connectivity index (χ2v) is 10.2. The second-order valence-electron chi connectivity index (χ2n) is 7.72. The maximum absolute atomic E-state index is 13.1. The Labute approximate surface area is 156 Å². The molecular formula is C18H20FN3O4S. The summed E-state index contributed by atoms with van der Waals surface area (Å²) in [4.78, 5) is 4.15. The SMILES string of the molecule is CC(C)(C)c1cc(-c2noc(C(C)(C)S(=O)(=O)c3ccc(F)cc3)n2)on1. The summed E-state index contributed by atoms with van der Waals surface area (Å²) in [6.07, 6.45) is 0. The molecule has 0 atom stereocenters. The summed E-state index contributed by atoms with van der Waals surface area (Å²) in [5.41, 5.74) is 0.488. The molecule has 9 heteroatoms. The fourth-order valence-corrected chi connectivity index (χ4v) is 3.72. The topological polar surface area (TPSA) is 99.1 Å². The van der Waals surface area contributed by atoms with Crippen LogP contribution in [0, 0.1) is 5.82 Å². The average molecular weight is 393 g/mol. The number of nitrogens with zero attached hydrogens (tertiary/aromatic N) is 3. The predicted octanol–water partition coefficient (Wildman–Crippen LogP) is 3.87. The van der Waals surface area contributed by atoms with Gasteiger partial charge in [-0.25, -0.2) is 12.8 Å². The summed E-state index contributed by atoms with van der Waals surface area (Å²) < 4.78 is 48.0. The third-order valence-corrected chi connectivity index (χ3v) is 6.65. The third kappa shape index (κ3) is 3.39. The molecule has 3 aromatic rings. The van der Waals surface area contributed by atoms with Gasteiger partial charge in [0.05, 0.1) is 10.6 Å². The first-order valence-electron chi connectivity index (χ1n) is 8.25. The van der Waals surface area contributed by atoms with Crippen molar-refractivity contribution in [3.8, 4) is 11.6 Å². The van der Waals surface area contributed by atoms with Gasteiger partial charge in [0, 0.05) is 11.5 Å². The van der Waals surface area contributed by atoms with Gasteiger partial charge in [-0.05, 0) is 38.1 Å². The van der Waals surface area contributed by atoms with Crippen molar-refractivity contribution in [2.45, 2.75) is 49.7 Å². The number of rotatable bonds is 4. The van der Waals surface area contributed by atoms with Gasteiger partial charge in [0.15, 0.2) is 9.84 Å². The first-order valence-corrected chi connectivity index (χ1v) is 9.73. The second kappa shape index (κ2) is 6.26. The summed E-state index contributed by atoms with van der Waals surface area (Å²) in [6, 6.07) is 6.27. The highest BCUT2D eigenvalue weighted by Crippen LogP contribution is 2.35. The van der Waals surface area contributed by atoms with E-state index < -0.39 is 20.4 Å². The molecule has 0 aliphatic heterocycles. The highest BCUT2D eigenvalue weighted by atomic mass is 32.2. The van der Waals surface area contributed by atoms with Gasteiger partial charge < -0.3 is 9.05 Å². The highest BCUT2D eigenvalue weighted by molar-refractivity contribution is 7.92. The minimum Gasteiger partial charge on any atom is -0.352 e. The lowest BCUT2D eigenvalue weighted by Gasteiger charge is -2.20. The molecule has 27 heavy (non-hydrogen) atoms. The van der Waals surface area contributed by atoms with Gasteiger partial charge in [-0.2, -0.15) is 4.98 Å². The maximum atomic E-state index is 13.1. The summed E-state index contributed by atoms with van der Waals surface area (Å²) in [5, 5.41) is 7.81. The Morgan fingerprint density at radius 2 is 1.59 bits per heavy atom. The predicted molar refractivity (Wildman–Crippen MR) is 95.1 cm³/mol. The van der Waals surface area contributed by atoms with Crippen molar-refractivity contribution in [2.75, 3.05) is 0 Å². The van der Waals surface area contributed by atoms with E-state index in [0.717, 1.165) is 12.1 Å². The van der Waals surface area contributed by atoms with Crippen LogP contribution in [0.5, 0.6) is 0 Å². The number of sulfone groups is 1. The van der Waals surface area contributed by atoms with Crippen LogP contribution >= 0.6 is 0 Å². The Balaban J connectivity index is 1.97. The van der Waals surface area contributed by atoms with Crippen molar-refractivity contribution < 1.29 is 21.9 Å². The van der Waals surface area contributed by atoms with E-state index in [1.807, 2.05) is 20.8 Å². The smallest absolute Gasteiger partial charge is 0.248 e. The molecule has 0 saturated heterocycles. The van der Waals surface area contributed by atoms with Crippen LogP contribution in [-0.2, 0) is 20.0 Å². The standard InChI is InChI=1S/C18H20FN3O4S/c1-17(2,3)14-10-13(25-21-14)15-20-16(26-22-15)18(4,5)27(23,24)12-8-6-11(19)7-9-12/h6-10H,1-5H3. The molecule has 0 saturated carbocycles. The van der Waals surface area contributed by atoms with E-state index in [9.17, 15) is 12.8 Å². The van der Waals surface area contributed by atoms with Crippen molar-refractivity contribution >= 4 is 9.84 Å². The van der Waals surface area contributed by atoms with Gasteiger partial charge in [-0.15, -0.1) is 0 Å². The van der Waals surface area contributed by atoms with Crippen LogP contribution in [0.1, 0.15) is 46.2 Å². The zero-order valence-corrected chi connectivity index (χ0v) is 16.5. The molecule has 2 aromatic heterocycles. The number of halogens is 1. The van der Waals surface area contributed by atoms with Crippen LogP contribution < -0.4 is 0 Å². The summed E-state index contributed by atoms with van der Waals surface area (Å²) >= 11 is 0. The van der Waals surface area contributed by atoms with Crippen LogP contribution in [-0.4, -0.2) is 23.7 Å². The van der Waals surface area contributed by atoms with Crippen molar-refractivity contribution in [1.82, 2.24) is 15.3 Å². The van der Waals surface area contributed by atoms with Crippen LogP contribution in [0.4, 0.5) is 4.39 Å². The van der Waals surface area contributed by atoms with Crippen molar-refractivity contribution in [3.05, 3.63) is 47.7 Å². The average Bonchev–Trinajstić information content (AvgIpc) is 3.24. The summed E-state index contributed by atoms with van der Waals surface area (Å²) in [6.45, 7) is 8.84. The Morgan fingerprint density at radius 3 is 2.15 bits per heavy atom. The zero-order chi connectivity index (χ0) is 20.0. The van der Waals surface area contributed by atoms with Crippen molar-refractivity contribution in [3.63, 3.8) is 0 Å². The van der Waals surface area contributed by atoms with E-state index >= 15 is 0 Å². The Bertz CT molecular complexity index is 1060. The molecule has 0 radical (unpaired) electrons. The Morgan fingerprint density at radius 1 is 0.963 bits per heavy atom. The molecule has 7 nitrogen and oxygen atoms in total. The quantitative estimate of drug-likeness (QED) is 0.620. The molecule has 0 aliphatic carbocycles. The molecule has 2 heterocycles. The minimum atomic E-state index is -3.90. The molecule has 0 spiro atoms. The first-order chi connectivity index (χ1) is 12.4. The number of hydrogen-bond donors (Lipinski definition) is 0. The van der Waals surface area contributed by atoms with Gasteiger partial charge in [0.2, 0.25) is 17.5 Å². The lowest BCUT2D eigenvalue weighted by molar-refractivity contribution is 0.345. The number of aromatic nitrogens is 3. The molecule has 0 fully saturated rings. The number of benzene rings is 1. The fourth-order valence-electron chi connectivity index (χ4n) is 2.33. The van der Waals surface area contributed by atoms with Gasteiger partial charge >= 0.3 is 0 Å². The van der Waals surface area contributed by atoms with E-state index in [1.165, 1.54) is 26.0 Å². The monoisotopic (exact) mass is 393 g/mol. The minimum absolute atomic E-state index is 0.0386.